The van der Waals surface area contributed by atoms with Crippen LogP contribution in [-0.2, 0) is 0 Å². The van der Waals surface area contributed by atoms with E-state index in [2.05, 4.69) is 11.9 Å². The molecule has 0 amide bonds. The van der Waals surface area contributed by atoms with Crippen LogP contribution >= 0.6 is 0 Å². The molecule has 0 saturated carbocycles. The maximum atomic E-state index is 14.2. The minimum Gasteiger partial charge on any atom is -0.492 e. The Labute approximate surface area is 101 Å². The highest BCUT2D eigenvalue weighted by Crippen LogP contribution is 2.33. The van der Waals surface area contributed by atoms with E-state index in [0.29, 0.717) is 11.4 Å². The SMILES string of the molecule is COc1c(N)ccc(N2CCN(C)CC2)c1F. The normalized spacial score (nSPS) is 17.2. The fourth-order valence-electron chi connectivity index (χ4n) is 2.06. The number of halogens is 1. The lowest BCUT2D eigenvalue weighted by molar-refractivity contribution is 0.311. The Balaban J connectivity index is 2.27. The molecule has 1 saturated heterocycles. The minimum atomic E-state index is -0.364. The van der Waals surface area contributed by atoms with Crippen molar-refractivity contribution in [2.45, 2.75) is 0 Å². The van der Waals surface area contributed by atoms with Crippen LogP contribution in [0, 0.1) is 5.82 Å². The van der Waals surface area contributed by atoms with Crippen LogP contribution in [0.15, 0.2) is 12.1 Å². The summed E-state index contributed by atoms with van der Waals surface area (Å²) in [6.45, 7) is 3.51. The number of nitrogens with zero attached hydrogens (tertiary/aromatic N) is 2. The molecule has 0 aromatic heterocycles. The molecule has 0 atom stereocenters. The number of likely N-dealkylation sites (N-methyl/N-ethyl adjacent to an activating group) is 1. The fourth-order valence-corrected chi connectivity index (χ4v) is 2.06. The van der Waals surface area contributed by atoms with Gasteiger partial charge in [0.25, 0.3) is 0 Å². The van der Waals surface area contributed by atoms with Crippen LogP contribution in [0.1, 0.15) is 0 Å². The van der Waals surface area contributed by atoms with Crippen LogP contribution in [0.4, 0.5) is 15.8 Å². The van der Waals surface area contributed by atoms with E-state index >= 15 is 0 Å². The monoisotopic (exact) mass is 239 g/mol. The summed E-state index contributed by atoms with van der Waals surface area (Å²) in [7, 11) is 3.50. The van der Waals surface area contributed by atoms with E-state index in [1.54, 1.807) is 12.1 Å². The predicted octanol–water partition coefficient (Wildman–Crippen LogP) is 1.17. The van der Waals surface area contributed by atoms with Gasteiger partial charge in [0.05, 0.1) is 18.5 Å². The molecule has 2 N–H and O–H groups in total. The van der Waals surface area contributed by atoms with Gasteiger partial charge in [-0.2, -0.15) is 0 Å². The summed E-state index contributed by atoms with van der Waals surface area (Å²) in [5.41, 5.74) is 6.57. The maximum absolute atomic E-state index is 14.2. The molecular formula is C12H18FN3O. The number of nitrogen functional groups attached to an aromatic ring is 1. The van der Waals surface area contributed by atoms with Crippen LogP contribution in [0.5, 0.6) is 5.75 Å². The number of hydrogen-bond acceptors (Lipinski definition) is 4. The molecule has 0 radical (unpaired) electrons. The molecule has 1 aromatic carbocycles. The zero-order chi connectivity index (χ0) is 12.4. The maximum Gasteiger partial charge on any atom is 0.190 e. The Kier molecular flexibility index (Phi) is 3.38. The van der Waals surface area contributed by atoms with Crippen molar-refractivity contribution in [3.05, 3.63) is 17.9 Å². The van der Waals surface area contributed by atoms with Gasteiger partial charge in [0.2, 0.25) is 0 Å². The van der Waals surface area contributed by atoms with Gasteiger partial charge in [0.15, 0.2) is 11.6 Å². The number of ether oxygens (including phenoxy) is 1. The second kappa shape index (κ2) is 4.79. The first-order valence-electron chi connectivity index (χ1n) is 5.69. The second-order valence-electron chi connectivity index (χ2n) is 4.31. The first-order chi connectivity index (χ1) is 8.13. The summed E-state index contributed by atoms with van der Waals surface area (Å²) in [5, 5.41) is 0. The Morgan fingerprint density at radius 2 is 1.88 bits per heavy atom. The van der Waals surface area contributed by atoms with E-state index in [9.17, 15) is 4.39 Å². The van der Waals surface area contributed by atoms with Crippen LogP contribution in [0.2, 0.25) is 0 Å². The molecule has 4 nitrogen and oxygen atoms in total. The third-order valence-electron chi connectivity index (χ3n) is 3.16. The molecule has 5 heteroatoms. The molecule has 0 bridgehead atoms. The van der Waals surface area contributed by atoms with Gasteiger partial charge in [-0.15, -0.1) is 0 Å². The first kappa shape index (κ1) is 12.0. The van der Waals surface area contributed by atoms with Gasteiger partial charge in [0, 0.05) is 26.2 Å². The number of methoxy groups -OCH3 is 1. The lowest BCUT2D eigenvalue weighted by Crippen LogP contribution is -2.44. The Bertz CT molecular complexity index is 403. The number of piperazine rings is 1. The van der Waals surface area contributed by atoms with Gasteiger partial charge in [-0.3, -0.25) is 0 Å². The summed E-state index contributed by atoms with van der Waals surface area (Å²) < 4.78 is 19.1. The van der Waals surface area contributed by atoms with Crippen molar-refractivity contribution in [3.63, 3.8) is 0 Å². The highest BCUT2D eigenvalue weighted by molar-refractivity contribution is 5.63. The van der Waals surface area contributed by atoms with Crippen molar-refractivity contribution in [2.75, 3.05) is 51.0 Å². The molecule has 17 heavy (non-hydrogen) atoms. The van der Waals surface area contributed by atoms with Gasteiger partial charge in [-0.25, -0.2) is 4.39 Å². The van der Waals surface area contributed by atoms with Gasteiger partial charge in [-0.05, 0) is 19.2 Å². The number of nitrogens with two attached hydrogens (primary N) is 1. The summed E-state index contributed by atoms with van der Waals surface area (Å²) in [6, 6.07) is 3.41. The minimum absolute atomic E-state index is 0.140. The molecule has 1 aliphatic heterocycles. The number of anilines is 2. The number of benzene rings is 1. The second-order valence-corrected chi connectivity index (χ2v) is 4.31. The van der Waals surface area contributed by atoms with Crippen LogP contribution in [0.3, 0.4) is 0 Å². The van der Waals surface area contributed by atoms with Gasteiger partial charge in [-0.1, -0.05) is 0 Å². The average molecular weight is 239 g/mol. The molecular weight excluding hydrogens is 221 g/mol. The van der Waals surface area contributed by atoms with Crippen LogP contribution < -0.4 is 15.4 Å². The standard InChI is InChI=1S/C12H18FN3O/c1-15-5-7-16(8-6-15)10-4-3-9(14)12(17-2)11(10)13/h3-4H,5-8,14H2,1-2H3. The summed E-state index contributed by atoms with van der Waals surface area (Å²) in [5.74, 6) is -0.224. The molecule has 2 rings (SSSR count). The van der Waals surface area contributed by atoms with Crippen LogP contribution in [0.25, 0.3) is 0 Å². The lowest BCUT2D eigenvalue weighted by atomic mass is 10.2. The van der Waals surface area contributed by atoms with E-state index < -0.39 is 0 Å². The van der Waals surface area contributed by atoms with Crippen molar-refractivity contribution < 1.29 is 9.13 Å². The summed E-state index contributed by atoms with van der Waals surface area (Å²) in [6.07, 6.45) is 0. The van der Waals surface area contributed by atoms with Crippen molar-refractivity contribution in [1.29, 1.82) is 0 Å². The molecule has 94 valence electrons. The number of hydrogen-bond donors (Lipinski definition) is 1. The van der Waals surface area contributed by atoms with Gasteiger partial charge < -0.3 is 20.3 Å². The highest BCUT2D eigenvalue weighted by atomic mass is 19.1. The van der Waals surface area contributed by atoms with Crippen molar-refractivity contribution >= 4 is 11.4 Å². The third kappa shape index (κ3) is 2.29. The largest absolute Gasteiger partial charge is 0.492 e. The molecule has 1 fully saturated rings. The Morgan fingerprint density at radius 3 is 2.47 bits per heavy atom. The van der Waals surface area contributed by atoms with Crippen molar-refractivity contribution in [3.8, 4) is 5.75 Å². The van der Waals surface area contributed by atoms with E-state index in [4.69, 9.17) is 10.5 Å². The quantitative estimate of drug-likeness (QED) is 0.787. The van der Waals surface area contributed by atoms with E-state index in [1.165, 1.54) is 7.11 Å². The average Bonchev–Trinajstić information content (AvgIpc) is 2.31. The zero-order valence-electron chi connectivity index (χ0n) is 10.2. The Morgan fingerprint density at radius 1 is 1.24 bits per heavy atom. The van der Waals surface area contributed by atoms with Crippen LogP contribution in [-0.4, -0.2) is 45.2 Å². The molecule has 1 aliphatic rings. The molecule has 0 aliphatic carbocycles. The van der Waals surface area contributed by atoms with Gasteiger partial charge >= 0.3 is 0 Å². The smallest absolute Gasteiger partial charge is 0.190 e. The van der Waals surface area contributed by atoms with E-state index in [1.807, 2.05) is 4.90 Å². The molecule has 1 heterocycles. The molecule has 0 spiro atoms. The molecule has 0 unspecified atom stereocenters. The first-order valence-corrected chi connectivity index (χ1v) is 5.69. The van der Waals surface area contributed by atoms with Gasteiger partial charge in [0.1, 0.15) is 0 Å². The zero-order valence-corrected chi connectivity index (χ0v) is 10.2. The summed E-state index contributed by atoms with van der Waals surface area (Å²) in [4.78, 5) is 4.25. The predicted molar refractivity (Wildman–Crippen MR) is 67.1 cm³/mol. The Hall–Kier alpha value is -1.49. The summed E-state index contributed by atoms with van der Waals surface area (Å²) >= 11 is 0. The lowest BCUT2D eigenvalue weighted by Gasteiger charge is -2.34. The van der Waals surface area contributed by atoms with E-state index in [0.717, 1.165) is 26.2 Å². The number of rotatable bonds is 2. The van der Waals surface area contributed by atoms with Crippen molar-refractivity contribution in [2.24, 2.45) is 0 Å². The van der Waals surface area contributed by atoms with E-state index in [-0.39, 0.29) is 11.6 Å². The molecule has 1 aromatic rings. The van der Waals surface area contributed by atoms with Crippen molar-refractivity contribution in [1.82, 2.24) is 4.90 Å². The fraction of sp³-hybridized carbons (Fsp3) is 0.500. The topological polar surface area (TPSA) is 41.7 Å². The third-order valence-corrected chi connectivity index (χ3v) is 3.16. The highest BCUT2D eigenvalue weighted by Gasteiger charge is 2.20.